The number of ether oxygens (including phenoxy) is 2. The van der Waals surface area contributed by atoms with Gasteiger partial charge in [0.05, 0.1) is 31.3 Å². The Bertz CT molecular complexity index is 1150. The van der Waals surface area contributed by atoms with E-state index in [0.717, 1.165) is 0 Å². The predicted molar refractivity (Wildman–Crippen MR) is 122 cm³/mol. The van der Waals surface area contributed by atoms with Crippen LogP contribution in [-0.4, -0.2) is 37.1 Å². The molecule has 0 saturated carbocycles. The molecule has 0 fully saturated rings. The Morgan fingerprint density at radius 3 is 2.47 bits per heavy atom. The normalized spacial score (nSPS) is 17.2. The first kappa shape index (κ1) is 21.9. The molecule has 6 nitrogen and oxygen atoms in total. The van der Waals surface area contributed by atoms with Crippen LogP contribution in [0.1, 0.15) is 22.3 Å². The molecule has 1 heterocycles. The fraction of sp³-hybridized carbons (Fsp3) is 0.200. The van der Waals surface area contributed by atoms with Crippen LogP contribution >= 0.6 is 11.6 Å². The van der Waals surface area contributed by atoms with Crippen molar-refractivity contribution in [1.82, 2.24) is 0 Å². The van der Waals surface area contributed by atoms with Crippen molar-refractivity contribution in [2.24, 2.45) is 0 Å². The van der Waals surface area contributed by atoms with Crippen molar-refractivity contribution in [3.05, 3.63) is 88.9 Å². The highest BCUT2D eigenvalue weighted by Crippen LogP contribution is 2.43. The molecule has 0 spiro atoms. The van der Waals surface area contributed by atoms with Crippen molar-refractivity contribution < 1.29 is 24.2 Å². The first-order valence-electron chi connectivity index (χ1n) is 10.1. The summed E-state index contributed by atoms with van der Waals surface area (Å²) in [6.07, 6.45) is -0.391. The molecule has 1 amide bonds. The zero-order chi connectivity index (χ0) is 22.7. The number of nitrogens with zero attached hydrogens (tertiary/aromatic N) is 1. The summed E-state index contributed by atoms with van der Waals surface area (Å²) in [5.74, 6) is 0.0815. The standard InChI is InChI=1S/C25H22ClNO5/c1-31-23-9-5-2-6-19(23)22(28)16-25(30)20-7-3-4-8-21(20)27(24(25)29)14-15-32-18-12-10-17(26)11-13-18/h2-13,30H,14-16H2,1H3/t25-/m1/s1. The number of methoxy groups -OCH3 is 1. The lowest BCUT2D eigenvalue weighted by Gasteiger charge is -2.23. The predicted octanol–water partition coefficient (Wildman–Crippen LogP) is 4.23. The van der Waals surface area contributed by atoms with Crippen LogP contribution in [0.15, 0.2) is 72.8 Å². The monoisotopic (exact) mass is 451 g/mol. The van der Waals surface area contributed by atoms with Gasteiger partial charge in [-0.05, 0) is 42.5 Å². The number of anilines is 1. The third kappa shape index (κ3) is 4.07. The van der Waals surface area contributed by atoms with Crippen molar-refractivity contribution in [3.63, 3.8) is 0 Å². The molecule has 0 aliphatic carbocycles. The van der Waals surface area contributed by atoms with Gasteiger partial charge in [-0.3, -0.25) is 9.59 Å². The van der Waals surface area contributed by atoms with E-state index in [9.17, 15) is 14.7 Å². The van der Waals surface area contributed by atoms with Gasteiger partial charge >= 0.3 is 0 Å². The molecule has 1 atom stereocenters. The van der Waals surface area contributed by atoms with E-state index in [2.05, 4.69) is 0 Å². The molecule has 0 radical (unpaired) electrons. The molecule has 4 rings (SSSR count). The van der Waals surface area contributed by atoms with Gasteiger partial charge in [0, 0.05) is 10.6 Å². The number of carbonyl (C=O) groups excluding carboxylic acids is 2. The number of ketones is 1. The summed E-state index contributed by atoms with van der Waals surface area (Å²) in [4.78, 5) is 27.8. The second-order valence-electron chi connectivity index (χ2n) is 7.44. The molecule has 1 aliphatic rings. The van der Waals surface area contributed by atoms with Crippen molar-refractivity contribution in [1.29, 1.82) is 0 Å². The highest BCUT2D eigenvalue weighted by atomic mass is 35.5. The SMILES string of the molecule is COc1ccccc1C(=O)C[C@]1(O)C(=O)N(CCOc2ccc(Cl)cc2)c2ccccc21. The van der Waals surface area contributed by atoms with Gasteiger partial charge in [-0.15, -0.1) is 0 Å². The van der Waals surface area contributed by atoms with Crippen molar-refractivity contribution in [3.8, 4) is 11.5 Å². The van der Waals surface area contributed by atoms with Gasteiger partial charge in [-0.25, -0.2) is 0 Å². The largest absolute Gasteiger partial charge is 0.496 e. The van der Waals surface area contributed by atoms with Crippen molar-refractivity contribution in [2.45, 2.75) is 12.0 Å². The highest BCUT2D eigenvalue weighted by molar-refractivity contribution is 6.30. The summed E-state index contributed by atoms with van der Waals surface area (Å²) in [7, 11) is 1.47. The Hall–Kier alpha value is -3.35. The van der Waals surface area contributed by atoms with Crippen LogP contribution < -0.4 is 14.4 Å². The maximum atomic E-state index is 13.3. The van der Waals surface area contributed by atoms with Crippen LogP contribution in [-0.2, 0) is 10.4 Å². The van der Waals surface area contributed by atoms with E-state index in [-0.39, 0.29) is 18.9 Å². The Balaban J connectivity index is 1.55. The summed E-state index contributed by atoms with van der Waals surface area (Å²) in [5.41, 5.74) is -0.681. The summed E-state index contributed by atoms with van der Waals surface area (Å²) >= 11 is 5.89. The van der Waals surface area contributed by atoms with E-state index < -0.39 is 17.9 Å². The average molecular weight is 452 g/mol. The maximum Gasteiger partial charge on any atom is 0.264 e. The molecule has 0 saturated heterocycles. The van der Waals surface area contributed by atoms with Crippen LogP contribution in [0, 0.1) is 0 Å². The lowest BCUT2D eigenvalue weighted by molar-refractivity contribution is -0.135. The minimum atomic E-state index is -1.96. The van der Waals surface area contributed by atoms with Crippen LogP contribution in [0.4, 0.5) is 5.69 Å². The zero-order valence-corrected chi connectivity index (χ0v) is 18.2. The first-order valence-corrected chi connectivity index (χ1v) is 10.5. The third-order valence-electron chi connectivity index (χ3n) is 5.46. The van der Waals surface area contributed by atoms with Crippen LogP contribution in [0.25, 0.3) is 0 Å². The van der Waals surface area contributed by atoms with E-state index in [0.29, 0.717) is 33.3 Å². The molecule has 7 heteroatoms. The molecular formula is C25H22ClNO5. The number of Topliss-reactive ketones (excluding diaryl/α,β-unsaturated/α-hetero) is 1. The summed E-state index contributed by atoms with van der Waals surface area (Å²) < 4.78 is 11.0. The lowest BCUT2D eigenvalue weighted by Crippen LogP contribution is -2.43. The van der Waals surface area contributed by atoms with Gasteiger partial charge in [0.15, 0.2) is 11.4 Å². The van der Waals surface area contributed by atoms with Crippen LogP contribution in [0.2, 0.25) is 5.02 Å². The molecule has 3 aromatic carbocycles. The zero-order valence-electron chi connectivity index (χ0n) is 17.5. The van der Waals surface area contributed by atoms with Gasteiger partial charge in [0.25, 0.3) is 5.91 Å². The quantitative estimate of drug-likeness (QED) is 0.518. The van der Waals surface area contributed by atoms with Crippen molar-refractivity contribution in [2.75, 3.05) is 25.2 Å². The van der Waals surface area contributed by atoms with Gasteiger partial charge in [-0.2, -0.15) is 0 Å². The molecule has 0 aromatic heterocycles. The number of rotatable bonds is 8. The number of aliphatic hydroxyl groups is 1. The van der Waals surface area contributed by atoms with Crippen molar-refractivity contribution >= 4 is 29.0 Å². The van der Waals surface area contributed by atoms with Gasteiger partial charge in [0.2, 0.25) is 0 Å². The fourth-order valence-electron chi connectivity index (χ4n) is 3.89. The molecule has 0 unspecified atom stereocenters. The molecule has 3 aromatic rings. The average Bonchev–Trinajstić information content (AvgIpc) is 3.02. The van der Waals surface area contributed by atoms with E-state index in [4.69, 9.17) is 21.1 Å². The topological polar surface area (TPSA) is 76.1 Å². The number of hydrogen-bond acceptors (Lipinski definition) is 5. The molecule has 32 heavy (non-hydrogen) atoms. The molecule has 1 aliphatic heterocycles. The van der Waals surface area contributed by atoms with Gasteiger partial charge < -0.3 is 19.5 Å². The van der Waals surface area contributed by atoms with Crippen LogP contribution in [0.3, 0.4) is 0 Å². The third-order valence-corrected chi connectivity index (χ3v) is 5.71. The second kappa shape index (κ2) is 9.02. The molecule has 1 N–H and O–H groups in total. The highest BCUT2D eigenvalue weighted by Gasteiger charge is 2.50. The van der Waals surface area contributed by atoms with E-state index in [1.165, 1.54) is 12.0 Å². The number of halogens is 1. The summed E-state index contributed by atoms with van der Waals surface area (Å²) in [6, 6.07) is 20.6. The minimum Gasteiger partial charge on any atom is -0.496 e. The van der Waals surface area contributed by atoms with E-state index >= 15 is 0 Å². The number of hydrogen-bond donors (Lipinski definition) is 1. The number of amides is 1. The number of fused-ring (bicyclic) bond motifs is 1. The number of para-hydroxylation sites is 2. The Kier molecular flexibility index (Phi) is 6.17. The summed E-state index contributed by atoms with van der Waals surface area (Å²) in [6.45, 7) is 0.419. The Morgan fingerprint density at radius 1 is 1.03 bits per heavy atom. The lowest BCUT2D eigenvalue weighted by atomic mass is 9.88. The van der Waals surface area contributed by atoms with E-state index in [1.54, 1.807) is 72.8 Å². The Morgan fingerprint density at radius 2 is 1.72 bits per heavy atom. The molecular weight excluding hydrogens is 430 g/mol. The minimum absolute atomic E-state index is 0.207. The summed E-state index contributed by atoms with van der Waals surface area (Å²) in [5, 5.41) is 12.0. The fourth-order valence-corrected chi connectivity index (χ4v) is 4.01. The van der Waals surface area contributed by atoms with Gasteiger partial charge in [-0.1, -0.05) is 41.9 Å². The van der Waals surface area contributed by atoms with Crippen LogP contribution in [0.5, 0.6) is 11.5 Å². The molecule has 0 bridgehead atoms. The number of benzene rings is 3. The van der Waals surface area contributed by atoms with E-state index in [1.807, 2.05) is 0 Å². The first-order chi connectivity index (χ1) is 15.4. The maximum absolute atomic E-state index is 13.3. The van der Waals surface area contributed by atoms with Gasteiger partial charge in [0.1, 0.15) is 18.1 Å². The number of carbonyl (C=O) groups is 2. The Labute approximate surface area is 191 Å². The second-order valence-corrected chi connectivity index (χ2v) is 7.87. The molecule has 164 valence electrons. The smallest absolute Gasteiger partial charge is 0.264 e.